The predicted molar refractivity (Wildman–Crippen MR) is 58.3 cm³/mol. The van der Waals surface area contributed by atoms with Gasteiger partial charge >= 0.3 is 0 Å². The van der Waals surface area contributed by atoms with Crippen LogP contribution < -0.4 is 5.32 Å². The minimum Gasteiger partial charge on any atom is -0.312 e. The first-order valence-electron chi connectivity index (χ1n) is 6.41. The van der Waals surface area contributed by atoms with Crippen molar-refractivity contribution in [1.82, 2.24) is 10.2 Å². The number of piperidine rings is 1. The third kappa shape index (κ3) is 1.59. The maximum absolute atomic E-state index is 3.69. The van der Waals surface area contributed by atoms with Crippen molar-refractivity contribution in [3.8, 4) is 0 Å². The number of nitrogens with one attached hydrogen (secondary N) is 1. The summed E-state index contributed by atoms with van der Waals surface area (Å²) in [7, 11) is 0. The second-order valence-corrected chi connectivity index (χ2v) is 5.36. The van der Waals surface area contributed by atoms with Crippen molar-refractivity contribution in [2.75, 3.05) is 19.6 Å². The van der Waals surface area contributed by atoms with Crippen molar-refractivity contribution in [2.24, 2.45) is 5.92 Å². The van der Waals surface area contributed by atoms with Crippen molar-refractivity contribution >= 4 is 0 Å². The molecule has 0 aromatic rings. The van der Waals surface area contributed by atoms with Gasteiger partial charge in [-0.3, -0.25) is 4.90 Å². The lowest BCUT2D eigenvalue weighted by molar-refractivity contribution is 0.235. The lowest BCUT2D eigenvalue weighted by Gasteiger charge is -2.25. The molecule has 14 heavy (non-hydrogen) atoms. The minimum atomic E-state index is 0.837. The van der Waals surface area contributed by atoms with Gasteiger partial charge in [-0.1, -0.05) is 12.8 Å². The van der Waals surface area contributed by atoms with Gasteiger partial charge in [0.05, 0.1) is 0 Å². The van der Waals surface area contributed by atoms with Gasteiger partial charge in [-0.2, -0.15) is 0 Å². The third-order valence-corrected chi connectivity index (χ3v) is 4.47. The van der Waals surface area contributed by atoms with Gasteiger partial charge in [-0.15, -0.1) is 0 Å². The second kappa shape index (κ2) is 3.82. The number of fused-ring (bicyclic) bond motifs is 1. The summed E-state index contributed by atoms with van der Waals surface area (Å²) in [6.07, 6.45) is 8.77. The van der Waals surface area contributed by atoms with Crippen LogP contribution in [-0.4, -0.2) is 36.6 Å². The molecule has 1 saturated carbocycles. The highest BCUT2D eigenvalue weighted by Crippen LogP contribution is 2.31. The lowest BCUT2D eigenvalue weighted by atomic mass is 9.94. The van der Waals surface area contributed by atoms with E-state index in [1.54, 1.807) is 0 Å². The van der Waals surface area contributed by atoms with Gasteiger partial charge < -0.3 is 5.32 Å². The number of hydrogen-bond donors (Lipinski definition) is 1. The normalized spacial score (nSPS) is 40.3. The molecule has 1 aliphatic carbocycles. The molecule has 2 atom stereocenters. The van der Waals surface area contributed by atoms with E-state index in [-0.39, 0.29) is 0 Å². The lowest BCUT2D eigenvalue weighted by Crippen LogP contribution is -2.41. The molecule has 0 aromatic heterocycles. The van der Waals surface area contributed by atoms with Crippen LogP contribution in [0.4, 0.5) is 0 Å². The van der Waals surface area contributed by atoms with E-state index in [2.05, 4.69) is 10.2 Å². The fourth-order valence-electron chi connectivity index (χ4n) is 3.65. The van der Waals surface area contributed by atoms with Crippen LogP contribution in [0.5, 0.6) is 0 Å². The Hall–Kier alpha value is -0.0800. The van der Waals surface area contributed by atoms with Crippen LogP contribution in [-0.2, 0) is 0 Å². The van der Waals surface area contributed by atoms with Crippen molar-refractivity contribution in [2.45, 2.75) is 50.6 Å². The molecule has 3 rings (SSSR count). The highest BCUT2D eigenvalue weighted by Gasteiger charge is 2.37. The van der Waals surface area contributed by atoms with Gasteiger partial charge in [0.15, 0.2) is 0 Å². The summed E-state index contributed by atoms with van der Waals surface area (Å²) in [5, 5.41) is 3.69. The average molecular weight is 194 g/mol. The molecule has 3 aliphatic rings. The van der Waals surface area contributed by atoms with E-state index in [4.69, 9.17) is 0 Å². The molecule has 2 aliphatic heterocycles. The first-order valence-corrected chi connectivity index (χ1v) is 6.41. The Morgan fingerprint density at radius 1 is 0.929 bits per heavy atom. The molecule has 0 unspecified atom stereocenters. The monoisotopic (exact) mass is 194 g/mol. The molecule has 0 amide bonds. The summed E-state index contributed by atoms with van der Waals surface area (Å²) in [4.78, 5) is 2.78. The van der Waals surface area contributed by atoms with E-state index in [9.17, 15) is 0 Å². The Kier molecular flexibility index (Phi) is 2.50. The fraction of sp³-hybridized carbons (Fsp3) is 1.00. The Balaban J connectivity index is 1.61. The predicted octanol–water partition coefficient (Wildman–Crippen LogP) is 1.61. The van der Waals surface area contributed by atoms with Gasteiger partial charge in [-0.05, 0) is 38.1 Å². The van der Waals surface area contributed by atoms with Gasteiger partial charge in [0.25, 0.3) is 0 Å². The number of rotatable bonds is 1. The molecular formula is C12H22N2. The quantitative estimate of drug-likeness (QED) is 0.682. The second-order valence-electron chi connectivity index (χ2n) is 5.36. The molecule has 0 bridgehead atoms. The first-order chi connectivity index (χ1) is 6.93. The average Bonchev–Trinajstić information content (AvgIpc) is 2.86. The molecule has 1 N–H and O–H groups in total. The molecule has 0 spiro atoms. The number of likely N-dealkylation sites (tertiary alicyclic amines) is 1. The molecule has 2 heteroatoms. The van der Waals surface area contributed by atoms with E-state index in [1.807, 2.05) is 0 Å². The number of nitrogens with zero attached hydrogens (tertiary/aromatic N) is 1. The molecule has 2 saturated heterocycles. The summed E-state index contributed by atoms with van der Waals surface area (Å²) in [6.45, 7) is 4.00. The van der Waals surface area contributed by atoms with Crippen LogP contribution in [0.25, 0.3) is 0 Å². The van der Waals surface area contributed by atoms with Crippen LogP contribution in [0.2, 0.25) is 0 Å². The first kappa shape index (κ1) is 9.17. The molecule has 2 nitrogen and oxygen atoms in total. The summed E-state index contributed by atoms with van der Waals surface area (Å²) in [5.74, 6) is 0.976. The van der Waals surface area contributed by atoms with Crippen molar-refractivity contribution in [3.63, 3.8) is 0 Å². The van der Waals surface area contributed by atoms with Crippen LogP contribution in [0.3, 0.4) is 0 Å². The fourth-order valence-corrected chi connectivity index (χ4v) is 3.65. The van der Waals surface area contributed by atoms with Crippen molar-refractivity contribution in [3.05, 3.63) is 0 Å². The standard InChI is InChI=1S/C12H22N2/c1-2-6-11(5-1)14-8-10-4-3-7-13-12(10)9-14/h10-13H,1-9H2/t10-,12+/m0/s1. The van der Waals surface area contributed by atoms with Gasteiger partial charge in [0, 0.05) is 25.2 Å². The third-order valence-electron chi connectivity index (χ3n) is 4.47. The van der Waals surface area contributed by atoms with E-state index in [0.29, 0.717) is 0 Å². The maximum Gasteiger partial charge on any atom is 0.0235 e. The van der Waals surface area contributed by atoms with Gasteiger partial charge in [0.1, 0.15) is 0 Å². The van der Waals surface area contributed by atoms with Crippen LogP contribution in [0.15, 0.2) is 0 Å². The highest BCUT2D eigenvalue weighted by atomic mass is 15.2. The SMILES string of the molecule is C1CCC(N2C[C@@H]3CCCN[C@@H]3C2)C1. The smallest absolute Gasteiger partial charge is 0.0235 e. The van der Waals surface area contributed by atoms with Gasteiger partial charge in [-0.25, -0.2) is 0 Å². The Bertz CT molecular complexity index is 184. The Morgan fingerprint density at radius 2 is 1.79 bits per heavy atom. The summed E-state index contributed by atoms with van der Waals surface area (Å²) < 4.78 is 0. The molecular weight excluding hydrogens is 172 g/mol. The van der Waals surface area contributed by atoms with Crippen molar-refractivity contribution < 1.29 is 0 Å². The van der Waals surface area contributed by atoms with Crippen LogP contribution >= 0.6 is 0 Å². The Labute approximate surface area is 87.0 Å². The number of hydrogen-bond acceptors (Lipinski definition) is 2. The molecule has 80 valence electrons. The zero-order valence-electron chi connectivity index (χ0n) is 9.04. The molecule has 2 heterocycles. The van der Waals surface area contributed by atoms with E-state index in [1.165, 1.54) is 58.2 Å². The summed E-state index contributed by atoms with van der Waals surface area (Å²) in [6, 6.07) is 1.78. The summed E-state index contributed by atoms with van der Waals surface area (Å²) in [5.41, 5.74) is 0. The Morgan fingerprint density at radius 3 is 2.57 bits per heavy atom. The van der Waals surface area contributed by atoms with Crippen molar-refractivity contribution in [1.29, 1.82) is 0 Å². The highest BCUT2D eigenvalue weighted by molar-refractivity contribution is 4.94. The molecule has 3 fully saturated rings. The molecule has 0 aromatic carbocycles. The zero-order valence-corrected chi connectivity index (χ0v) is 9.04. The zero-order chi connectivity index (χ0) is 9.38. The summed E-state index contributed by atoms with van der Waals surface area (Å²) >= 11 is 0. The maximum atomic E-state index is 3.69. The largest absolute Gasteiger partial charge is 0.312 e. The van der Waals surface area contributed by atoms with Crippen LogP contribution in [0, 0.1) is 5.92 Å². The molecule has 0 radical (unpaired) electrons. The van der Waals surface area contributed by atoms with Gasteiger partial charge in [0.2, 0.25) is 0 Å². The topological polar surface area (TPSA) is 15.3 Å². The van der Waals surface area contributed by atoms with Crippen LogP contribution in [0.1, 0.15) is 38.5 Å². The van der Waals surface area contributed by atoms with E-state index >= 15 is 0 Å². The minimum absolute atomic E-state index is 0.837. The van der Waals surface area contributed by atoms with E-state index in [0.717, 1.165) is 18.0 Å². The van der Waals surface area contributed by atoms with E-state index < -0.39 is 0 Å².